The summed E-state index contributed by atoms with van der Waals surface area (Å²) in [6, 6.07) is 27.1. The molecule has 0 fully saturated rings. The molecular formula is C27H22ClNO. The third-order valence-electron chi connectivity index (χ3n) is 5.64. The van der Waals surface area contributed by atoms with Crippen LogP contribution in [0.4, 0.5) is 0 Å². The Morgan fingerprint density at radius 1 is 0.867 bits per heavy atom. The fourth-order valence-corrected chi connectivity index (χ4v) is 4.18. The number of ether oxygens (including phenoxy) is 1. The standard InChI is InChI=1S/C27H22ClNO/c28-24-12-9-21-10-14-25(29-26(21)17-24)13-8-19-4-3-7-22(16-19)27-15-11-20-5-1-2-6-23(20)18-30-27/h1-10,12-14,16-17,27H,11,15,18H2. The number of halogens is 1. The molecule has 0 amide bonds. The summed E-state index contributed by atoms with van der Waals surface area (Å²) in [4.78, 5) is 4.70. The van der Waals surface area contributed by atoms with Gasteiger partial charge in [0.25, 0.3) is 0 Å². The molecule has 2 nitrogen and oxygen atoms in total. The van der Waals surface area contributed by atoms with Gasteiger partial charge in [0, 0.05) is 10.4 Å². The van der Waals surface area contributed by atoms with Crippen LogP contribution < -0.4 is 0 Å². The highest BCUT2D eigenvalue weighted by atomic mass is 35.5. The average Bonchev–Trinajstić information content (AvgIpc) is 3.00. The molecule has 148 valence electrons. The largest absolute Gasteiger partial charge is 0.369 e. The van der Waals surface area contributed by atoms with Gasteiger partial charge in [-0.25, -0.2) is 4.98 Å². The van der Waals surface area contributed by atoms with Crippen molar-refractivity contribution in [3.8, 4) is 0 Å². The number of pyridine rings is 1. The summed E-state index contributed by atoms with van der Waals surface area (Å²) in [6.45, 7) is 0.671. The summed E-state index contributed by atoms with van der Waals surface area (Å²) in [6.07, 6.45) is 6.31. The molecular weight excluding hydrogens is 390 g/mol. The summed E-state index contributed by atoms with van der Waals surface area (Å²) >= 11 is 6.11. The van der Waals surface area contributed by atoms with Crippen molar-refractivity contribution in [2.45, 2.75) is 25.6 Å². The second-order valence-electron chi connectivity index (χ2n) is 7.68. The van der Waals surface area contributed by atoms with Crippen LogP contribution in [0.3, 0.4) is 0 Å². The topological polar surface area (TPSA) is 22.1 Å². The van der Waals surface area contributed by atoms with Crippen molar-refractivity contribution in [2.75, 3.05) is 0 Å². The molecule has 3 heteroatoms. The van der Waals surface area contributed by atoms with E-state index in [2.05, 4.69) is 60.7 Å². The van der Waals surface area contributed by atoms with Crippen molar-refractivity contribution < 1.29 is 4.74 Å². The summed E-state index contributed by atoms with van der Waals surface area (Å²) in [5.74, 6) is 0. The maximum absolute atomic E-state index is 6.24. The van der Waals surface area contributed by atoms with Gasteiger partial charge in [0.15, 0.2) is 0 Å². The van der Waals surface area contributed by atoms with Gasteiger partial charge in [-0.3, -0.25) is 0 Å². The van der Waals surface area contributed by atoms with Crippen LogP contribution >= 0.6 is 11.6 Å². The highest BCUT2D eigenvalue weighted by Crippen LogP contribution is 2.30. The van der Waals surface area contributed by atoms with Gasteiger partial charge < -0.3 is 4.74 Å². The van der Waals surface area contributed by atoms with Crippen LogP contribution in [-0.4, -0.2) is 4.98 Å². The van der Waals surface area contributed by atoms with Gasteiger partial charge in [-0.1, -0.05) is 72.3 Å². The smallest absolute Gasteiger partial charge is 0.0832 e. The number of hydrogen-bond donors (Lipinski definition) is 0. The molecule has 0 radical (unpaired) electrons. The minimum Gasteiger partial charge on any atom is -0.369 e. The third-order valence-corrected chi connectivity index (χ3v) is 5.87. The second-order valence-corrected chi connectivity index (χ2v) is 8.12. The van der Waals surface area contributed by atoms with E-state index >= 15 is 0 Å². The zero-order valence-electron chi connectivity index (χ0n) is 16.6. The van der Waals surface area contributed by atoms with Crippen molar-refractivity contribution >= 4 is 34.7 Å². The Morgan fingerprint density at radius 2 is 1.73 bits per heavy atom. The van der Waals surface area contributed by atoms with Crippen LogP contribution in [-0.2, 0) is 17.8 Å². The zero-order chi connectivity index (χ0) is 20.3. The Hall–Kier alpha value is -2.94. The fourth-order valence-electron chi connectivity index (χ4n) is 4.01. The summed E-state index contributed by atoms with van der Waals surface area (Å²) in [5, 5.41) is 1.79. The van der Waals surface area contributed by atoms with Crippen LogP contribution in [0.25, 0.3) is 23.1 Å². The van der Waals surface area contributed by atoms with Gasteiger partial charge in [0.2, 0.25) is 0 Å². The molecule has 1 aromatic heterocycles. The Kier molecular flexibility index (Phi) is 5.35. The molecule has 1 atom stereocenters. The number of benzene rings is 3. The van der Waals surface area contributed by atoms with Gasteiger partial charge in [-0.15, -0.1) is 0 Å². The second kappa shape index (κ2) is 8.43. The fraction of sp³-hybridized carbons (Fsp3) is 0.148. The number of fused-ring (bicyclic) bond motifs is 2. The van der Waals surface area contributed by atoms with E-state index < -0.39 is 0 Å². The van der Waals surface area contributed by atoms with Crippen LogP contribution in [0.5, 0.6) is 0 Å². The van der Waals surface area contributed by atoms with E-state index in [1.807, 2.05) is 30.3 Å². The van der Waals surface area contributed by atoms with E-state index in [0.29, 0.717) is 11.6 Å². The number of aromatic nitrogens is 1. The number of aryl methyl sites for hydroxylation is 1. The molecule has 0 aliphatic carbocycles. The highest BCUT2D eigenvalue weighted by Gasteiger charge is 2.18. The molecule has 0 saturated carbocycles. The quantitative estimate of drug-likeness (QED) is 0.354. The van der Waals surface area contributed by atoms with Crippen molar-refractivity contribution in [2.24, 2.45) is 0 Å². The average molecular weight is 412 g/mol. The lowest BCUT2D eigenvalue weighted by molar-refractivity contribution is 0.0398. The maximum atomic E-state index is 6.24. The van der Waals surface area contributed by atoms with Crippen molar-refractivity contribution in [1.82, 2.24) is 4.98 Å². The van der Waals surface area contributed by atoms with Crippen LogP contribution in [0.1, 0.15) is 40.5 Å². The van der Waals surface area contributed by atoms with E-state index in [-0.39, 0.29) is 6.10 Å². The van der Waals surface area contributed by atoms with Crippen molar-refractivity contribution in [3.05, 3.63) is 112 Å². The van der Waals surface area contributed by atoms with E-state index in [1.54, 1.807) is 0 Å². The van der Waals surface area contributed by atoms with Gasteiger partial charge >= 0.3 is 0 Å². The SMILES string of the molecule is Clc1ccc2ccc(C=Cc3cccc(C4CCc5ccccc5CO4)c3)nc2c1. The predicted molar refractivity (Wildman–Crippen MR) is 124 cm³/mol. The van der Waals surface area contributed by atoms with Gasteiger partial charge in [0.1, 0.15) is 0 Å². The first-order valence-electron chi connectivity index (χ1n) is 10.3. The molecule has 4 aromatic rings. The molecule has 0 spiro atoms. The van der Waals surface area contributed by atoms with E-state index in [9.17, 15) is 0 Å². The number of nitrogens with zero attached hydrogens (tertiary/aromatic N) is 1. The van der Waals surface area contributed by atoms with Gasteiger partial charge in [-0.2, -0.15) is 0 Å². The lowest BCUT2D eigenvalue weighted by Gasteiger charge is -2.16. The number of rotatable bonds is 3. The monoisotopic (exact) mass is 411 g/mol. The summed E-state index contributed by atoms with van der Waals surface area (Å²) in [5.41, 5.74) is 6.90. The van der Waals surface area contributed by atoms with E-state index in [4.69, 9.17) is 21.3 Å². The minimum absolute atomic E-state index is 0.117. The van der Waals surface area contributed by atoms with Gasteiger partial charge in [-0.05, 0) is 65.4 Å². The Bertz CT molecular complexity index is 1200. The lowest BCUT2D eigenvalue weighted by Crippen LogP contribution is -2.02. The lowest BCUT2D eigenvalue weighted by atomic mass is 9.99. The molecule has 3 aromatic carbocycles. The highest BCUT2D eigenvalue weighted by molar-refractivity contribution is 6.31. The molecule has 2 heterocycles. The van der Waals surface area contributed by atoms with Crippen LogP contribution in [0.2, 0.25) is 5.02 Å². The normalized spacial score (nSPS) is 16.5. The first kappa shape index (κ1) is 19.0. The number of hydrogen-bond acceptors (Lipinski definition) is 2. The van der Waals surface area contributed by atoms with Gasteiger partial charge in [0.05, 0.1) is 23.9 Å². The summed E-state index contributed by atoms with van der Waals surface area (Å²) in [7, 11) is 0. The van der Waals surface area contributed by atoms with Crippen LogP contribution in [0, 0.1) is 0 Å². The first-order valence-corrected chi connectivity index (χ1v) is 10.7. The van der Waals surface area contributed by atoms with E-state index in [0.717, 1.165) is 35.0 Å². The zero-order valence-corrected chi connectivity index (χ0v) is 17.3. The molecule has 1 unspecified atom stereocenters. The van der Waals surface area contributed by atoms with Crippen LogP contribution in [0.15, 0.2) is 78.9 Å². The Labute approximate surface area is 181 Å². The minimum atomic E-state index is 0.117. The van der Waals surface area contributed by atoms with Crippen molar-refractivity contribution in [3.63, 3.8) is 0 Å². The molecule has 5 rings (SSSR count). The molecule has 0 saturated heterocycles. The molecule has 0 N–H and O–H groups in total. The Balaban J connectivity index is 1.35. The molecule has 0 bridgehead atoms. The Morgan fingerprint density at radius 3 is 2.67 bits per heavy atom. The summed E-state index contributed by atoms with van der Waals surface area (Å²) < 4.78 is 6.24. The predicted octanol–water partition coefficient (Wildman–Crippen LogP) is 7.26. The van der Waals surface area contributed by atoms with E-state index in [1.165, 1.54) is 16.7 Å². The maximum Gasteiger partial charge on any atom is 0.0832 e. The molecule has 30 heavy (non-hydrogen) atoms. The molecule has 1 aliphatic heterocycles. The molecule has 1 aliphatic rings. The third kappa shape index (κ3) is 4.16. The van der Waals surface area contributed by atoms with Crippen molar-refractivity contribution in [1.29, 1.82) is 0 Å². The first-order chi connectivity index (χ1) is 14.7.